The van der Waals surface area contributed by atoms with Gasteiger partial charge in [0.1, 0.15) is 5.69 Å². The third-order valence-electron chi connectivity index (χ3n) is 2.75. The number of para-hydroxylation sites is 1. The number of rotatable bonds is 4. The van der Waals surface area contributed by atoms with Gasteiger partial charge in [-0.25, -0.2) is 4.68 Å². The van der Waals surface area contributed by atoms with E-state index in [1.54, 1.807) is 22.2 Å². The van der Waals surface area contributed by atoms with Crippen LogP contribution in [0.25, 0.3) is 5.69 Å². The molecule has 19 heavy (non-hydrogen) atoms. The highest BCUT2D eigenvalue weighted by molar-refractivity contribution is 7.09. The summed E-state index contributed by atoms with van der Waals surface area (Å²) in [6, 6.07) is 11.9. The third kappa shape index (κ3) is 2.64. The SMILES string of the molecule is Clc1cccc(NCc2cccs2)c1-n1cccn1. The van der Waals surface area contributed by atoms with Crippen molar-refractivity contribution >= 4 is 28.6 Å². The van der Waals surface area contributed by atoms with Crippen molar-refractivity contribution in [2.24, 2.45) is 0 Å². The highest BCUT2D eigenvalue weighted by Crippen LogP contribution is 2.28. The predicted octanol–water partition coefficient (Wildman–Crippen LogP) is 4.20. The van der Waals surface area contributed by atoms with Gasteiger partial charge in [0.05, 0.1) is 10.7 Å². The Morgan fingerprint density at radius 2 is 2.16 bits per heavy atom. The maximum Gasteiger partial charge on any atom is 0.106 e. The summed E-state index contributed by atoms with van der Waals surface area (Å²) in [7, 11) is 0. The molecule has 0 unspecified atom stereocenters. The van der Waals surface area contributed by atoms with E-state index in [4.69, 9.17) is 11.6 Å². The van der Waals surface area contributed by atoms with Crippen LogP contribution in [-0.2, 0) is 6.54 Å². The third-order valence-corrected chi connectivity index (χ3v) is 3.93. The van der Waals surface area contributed by atoms with Crippen molar-refractivity contribution in [3.05, 3.63) is 64.1 Å². The number of benzene rings is 1. The smallest absolute Gasteiger partial charge is 0.106 e. The number of halogens is 1. The number of hydrogen-bond acceptors (Lipinski definition) is 3. The molecule has 3 rings (SSSR count). The lowest BCUT2D eigenvalue weighted by Gasteiger charge is -2.13. The molecular weight excluding hydrogens is 278 g/mol. The van der Waals surface area contributed by atoms with Crippen molar-refractivity contribution < 1.29 is 0 Å². The maximum absolute atomic E-state index is 6.28. The van der Waals surface area contributed by atoms with E-state index in [0.29, 0.717) is 5.02 Å². The van der Waals surface area contributed by atoms with Crippen molar-refractivity contribution in [2.45, 2.75) is 6.54 Å². The van der Waals surface area contributed by atoms with Crippen LogP contribution in [0, 0.1) is 0 Å². The number of anilines is 1. The van der Waals surface area contributed by atoms with Crippen LogP contribution in [0.4, 0.5) is 5.69 Å². The molecule has 0 radical (unpaired) electrons. The molecule has 0 aliphatic heterocycles. The van der Waals surface area contributed by atoms with Gasteiger partial charge in [-0.05, 0) is 29.6 Å². The van der Waals surface area contributed by atoms with Gasteiger partial charge in [-0.2, -0.15) is 5.10 Å². The fourth-order valence-corrected chi connectivity index (χ4v) is 2.79. The Morgan fingerprint density at radius 1 is 1.21 bits per heavy atom. The summed E-state index contributed by atoms with van der Waals surface area (Å²) < 4.78 is 1.78. The fraction of sp³-hybridized carbons (Fsp3) is 0.0714. The minimum absolute atomic E-state index is 0.680. The number of hydrogen-bond donors (Lipinski definition) is 1. The molecule has 5 heteroatoms. The largest absolute Gasteiger partial charge is 0.378 e. The maximum atomic E-state index is 6.28. The molecule has 0 atom stereocenters. The number of nitrogens with one attached hydrogen (secondary N) is 1. The van der Waals surface area contributed by atoms with Crippen molar-refractivity contribution in [3.8, 4) is 5.69 Å². The van der Waals surface area contributed by atoms with Crippen LogP contribution in [0.3, 0.4) is 0 Å². The molecule has 1 aromatic carbocycles. The average Bonchev–Trinajstić information content (AvgIpc) is 3.09. The summed E-state index contributed by atoms with van der Waals surface area (Å²) in [5.74, 6) is 0. The second-order valence-electron chi connectivity index (χ2n) is 4.02. The zero-order valence-electron chi connectivity index (χ0n) is 10.1. The summed E-state index contributed by atoms with van der Waals surface area (Å²) >= 11 is 8.02. The molecule has 0 saturated carbocycles. The van der Waals surface area contributed by atoms with Gasteiger partial charge in [-0.15, -0.1) is 11.3 Å². The van der Waals surface area contributed by atoms with E-state index >= 15 is 0 Å². The molecule has 1 N–H and O–H groups in total. The summed E-state index contributed by atoms with van der Waals surface area (Å²) in [5.41, 5.74) is 1.86. The molecule has 0 spiro atoms. The lowest BCUT2D eigenvalue weighted by atomic mass is 10.2. The molecule has 0 bridgehead atoms. The Kier molecular flexibility index (Phi) is 3.53. The second-order valence-corrected chi connectivity index (χ2v) is 5.46. The van der Waals surface area contributed by atoms with Crippen molar-refractivity contribution in [1.29, 1.82) is 0 Å². The monoisotopic (exact) mass is 289 g/mol. The van der Waals surface area contributed by atoms with Crippen LogP contribution in [0.5, 0.6) is 0 Å². The molecule has 3 aromatic rings. The quantitative estimate of drug-likeness (QED) is 0.780. The Hall–Kier alpha value is -1.78. The molecule has 0 aliphatic rings. The summed E-state index contributed by atoms with van der Waals surface area (Å²) in [5, 5.41) is 10.4. The van der Waals surface area contributed by atoms with Crippen LogP contribution in [0.2, 0.25) is 5.02 Å². The van der Waals surface area contributed by atoms with Gasteiger partial charge in [-0.1, -0.05) is 23.7 Å². The van der Waals surface area contributed by atoms with Gasteiger partial charge in [-0.3, -0.25) is 0 Å². The van der Waals surface area contributed by atoms with Crippen LogP contribution >= 0.6 is 22.9 Å². The molecule has 2 heterocycles. The number of nitrogens with zero attached hydrogens (tertiary/aromatic N) is 2. The van der Waals surface area contributed by atoms with Crippen LogP contribution in [-0.4, -0.2) is 9.78 Å². The molecule has 0 aliphatic carbocycles. The van der Waals surface area contributed by atoms with Crippen LogP contribution in [0.15, 0.2) is 54.2 Å². The van der Waals surface area contributed by atoms with E-state index in [2.05, 4.69) is 21.9 Å². The van der Waals surface area contributed by atoms with Crippen LogP contribution in [0.1, 0.15) is 4.88 Å². The topological polar surface area (TPSA) is 29.9 Å². The normalized spacial score (nSPS) is 10.6. The van der Waals surface area contributed by atoms with Gasteiger partial charge >= 0.3 is 0 Å². The molecular formula is C14H12ClN3S. The van der Waals surface area contributed by atoms with E-state index in [1.807, 2.05) is 36.5 Å². The van der Waals surface area contributed by atoms with Crippen molar-refractivity contribution in [3.63, 3.8) is 0 Å². The highest BCUT2D eigenvalue weighted by Gasteiger charge is 2.09. The Labute approximate surface area is 120 Å². The summed E-state index contributed by atoms with van der Waals surface area (Å²) in [6.07, 6.45) is 3.63. The Bertz CT molecular complexity index is 647. The van der Waals surface area contributed by atoms with Crippen molar-refractivity contribution in [1.82, 2.24) is 9.78 Å². The fourth-order valence-electron chi connectivity index (χ4n) is 1.89. The van der Waals surface area contributed by atoms with E-state index in [0.717, 1.165) is 17.9 Å². The molecule has 96 valence electrons. The minimum Gasteiger partial charge on any atom is -0.378 e. The molecule has 0 saturated heterocycles. The second kappa shape index (κ2) is 5.47. The first kappa shape index (κ1) is 12.3. The van der Waals surface area contributed by atoms with Gasteiger partial charge in [0, 0.05) is 23.8 Å². The van der Waals surface area contributed by atoms with Gasteiger partial charge in [0.15, 0.2) is 0 Å². The van der Waals surface area contributed by atoms with E-state index in [9.17, 15) is 0 Å². The van der Waals surface area contributed by atoms with Gasteiger partial charge in [0.2, 0.25) is 0 Å². The van der Waals surface area contributed by atoms with Gasteiger partial charge in [0.25, 0.3) is 0 Å². The molecule has 0 fully saturated rings. The average molecular weight is 290 g/mol. The minimum atomic E-state index is 0.680. The van der Waals surface area contributed by atoms with E-state index in [1.165, 1.54) is 4.88 Å². The molecule has 3 nitrogen and oxygen atoms in total. The Morgan fingerprint density at radius 3 is 2.89 bits per heavy atom. The Balaban J connectivity index is 1.91. The molecule has 0 amide bonds. The summed E-state index contributed by atoms with van der Waals surface area (Å²) in [4.78, 5) is 1.28. The predicted molar refractivity (Wildman–Crippen MR) is 80.2 cm³/mol. The lowest BCUT2D eigenvalue weighted by Crippen LogP contribution is -2.04. The standard InChI is InChI=1S/C14H12ClN3S/c15-12-5-1-6-13(14(12)18-8-3-7-17-18)16-10-11-4-2-9-19-11/h1-9,16H,10H2. The first-order valence-corrected chi connectivity index (χ1v) is 7.15. The number of aromatic nitrogens is 2. The first-order valence-electron chi connectivity index (χ1n) is 5.89. The first-order chi connectivity index (χ1) is 9.34. The van der Waals surface area contributed by atoms with Gasteiger partial charge < -0.3 is 5.32 Å². The highest BCUT2D eigenvalue weighted by atomic mass is 35.5. The molecule has 2 aromatic heterocycles. The van der Waals surface area contributed by atoms with E-state index in [-0.39, 0.29) is 0 Å². The zero-order valence-corrected chi connectivity index (χ0v) is 11.7. The van der Waals surface area contributed by atoms with E-state index < -0.39 is 0 Å². The van der Waals surface area contributed by atoms with Crippen molar-refractivity contribution in [2.75, 3.05) is 5.32 Å². The zero-order chi connectivity index (χ0) is 13.1. The lowest BCUT2D eigenvalue weighted by molar-refractivity contribution is 0.880. The number of thiophene rings is 1. The van der Waals surface area contributed by atoms with Crippen LogP contribution < -0.4 is 5.32 Å². The summed E-state index contributed by atoms with van der Waals surface area (Å²) in [6.45, 7) is 0.784.